The van der Waals surface area contributed by atoms with Gasteiger partial charge >= 0.3 is 0 Å². The third kappa shape index (κ3) is 8.18. The summed E-state index contributed by atoms with van der Waals surface area (Å²) in [5, 5.41) is 0. The first-order valence-electron chi connectivity index (χ1n) is 4.76. The van der Waals surface area contributed by atoms with Crippen LogP contribution < -0.4 is 0 Å². The maximum atomic E-state index is 10.8. The molecule has 0 N–H and O–H groups in total. The largest absolute Gasteiger partial charge is 0.410 e. The first-order chi connectivity index (χ1) is 5.62. The van der Waals surface area contributed by atoms with E-state index in [0.717, 1.165) is 6.04 Å². The molecule has 2 nitrogen and oxygen atoms in total. The molecule has 0 saturated carbocycles. The fourth-order valence-electron chi connectivity index (χ4n) is 1.63. The van der Waals surface area contributed by atoms with Gasteiger partial charge in [-0.25, -0.2) is 0 Å². The highest BCUT2D eigenvalue weighted by molar-refractivity contribution is 6.71. The van der Waals surface area contributed by atoms with Crippen LogP contribution in [0.5, 0.6) is 0 Å². The quantitative estimate of drug-likeness (QED) is 0.655. The molecule has 0 radical (unpaired) electrons. The molecule has 0 unspecified atom stereocenters. The van der Waals surface area contributed by atoms with Gasteiger partial charge < -0.3 is 4.43 Å². The first kappa shape index (κ1) is 12.8. The summed E-state index contributed by atoms with van der Waals surface area (Å²) in [6, 6.07) is 1.09. The fourth-order valence-corrected chi connectivity index (χ4v) is 4.88. The number of Topliss-reactive ketones (excluding diaryl/α,β-unsaturated/α-hetero) is 1. The van der Waals surface area contributed by atoms with Crippen molar-refractivity contribution in [1.29, 1.82) is 0 Å². The summed E-state index contributed by atoms with van der Waals surface area (Å²) < 4.78 is 5.66. The molecule has 0 aliphatic heterocycles. The number of hydrogen-bond donors (Lipinski definition) is 0. The zero-order chi connectivity index (χ0) is 10.7. The van der Waals surface area contributed by atoms with Gasteiger partial charge in [-0.3, -0.25) is 4.79 Å². The van der Waals surface area contributed by atoms with Crippen molar-refractivity contribution >= 4 is 14.1 Å². The summed E-state index contributed by atoms with van der Waals surface area (Å²) in [7, 11) is -1.62. The van der Waals surface area contributed by atoms with Gasteiger partial charge in [0.05, 0.1) is 6.61 Å². The van der Waals surface area contributed by atoms with Gasteiger partial charge in [0.2, 0.25) is 0 Å². The van der Waals surface area contributed by atoms with Crippen molar-refractivity contribution in [2.45, 2.75) is 46.8 Å². The van der Waals surface area contributed by atoms with Crippen molar-refractivity contribution in [1.82, 2.24) is 0 Å². The molecule has 0 amide bonds. The van der Waals surface area contributed by atoms with Crippen molar-refractivity contribution in [3.63, 3.8) is 0 Å². The minimum atomic E-state index is -1.62. The second kappa shape index (κ2) is 4.38. The molecule has 0 heterocycles. The summed E-state index contributed by atoms with van der Waals surface area (Å²) in [6.45, 7) is 12.8. The molecule has 0 bridgehead atoms. The lowest BCUT2D eigenvalue weighted by atomic mass is 10.0. The van der Waals surface area contributed by atoms with Crippen LogP contribution in [0.15, 0.2) is 0 Å². The predicted octanol–water partition coefficient (Wildman–Crippen LogP) is 2.84. The Kier molecular flexibility index (Phi) is 4.32. The van der Waals surface area contributed by atoms with Crippen LogP contribution >= 0.6 is 0 Å². The SMILES string of the molecule is CC(=O)CO[Si](C)(C)CC(C)(C)C. The van der Waals surface area contributed by atoms with Crippen LogP contribution in [0.4, 0.5) is 0 Å². The molecule has 78 valence electrons. The van der Waals surface area contributed by atoms with Crippen molar-refractivity contribution in [3.05, 3.63) is 0 Å². The third-order valence-electron chi connectivity index (χ3n) is 1.62. The van der Waals surface area contributed by atoms with E-state index >= 15 is 0 Å². The molecule has 0 spiro atoms. The van der Waals surface area contributed by atoms with Crippen LogP contribution in [0.25, 0.3) is 0 Å². The zero-order valence-corrected chi connectivity index (χ0v) is 10.7. The third-order valence-corrected chi connectivity index (χ3v) is 4.46. The average Bonchev–Trinajstić information content (AvgIpc) is 1.78. The number of ketones is 1. The van der Waals surface area contributed by atoms with Crippen LogP contribution in [-0.2, 0) is 9.22 Å². The highest BCUT2D eigenvalue weighted by atomic mass is 28.4. The molecule has 0 aromatic rings. The Labute approximate surface area is 82.8 Å². The highest BCUT2D eigenvalue weighted by Crippen LogP contribution is 2.27. The molecule has 0 aliphatic rings. The molecule has 0 aromatic heterocycles. The van der Waals surface area contributed by atoms with E-state index in [-0.39, 0.29) is 12.4 Å². The van der Waals surface area contributed by atoms with Gasteiger partial charge in [-0.2, -0.15) is 0 Å². The monoisotopic (exact) mass is 202 g/mol. The lowest BCUT2D eigenvalue weighted by molar-refractivity contribution is -0.119. The van der Waals surface area contributed by atoms with E-state index in [1.54, 1.807) is 6.92 Å². The molecule has 0 saturated heterocycles. The molecule has 0 rings (SSSR count). The summed E-state index contributed by atoms with van der Waals surface area (Å²) >= 11 is 0. The highest BCUT2D eigenvalue weighted by Gasteiger charge is 2.29. The molecule has 0 fully saturated rings. The second-order valence-corrected chi connectivity index (χ2v) is 9.65. The molecule has 0 atom stereocenters. The normalized spacial score (nSPS) is 13.1. The Morgan fingerprint density at radius 1 is 1.31 bits per heavy atom. The van der Waals surface area contributed by atoms with E-state index in [9.17, 15) is 4.79 Å². The average molecular weight is 202 g/mol. The molecule has 0 aliphatic carbocycles. The van der Waals surface area contributed by atoms with Crippen molar-refractivity contribution in [3.8, 4) is 0 Å². The second-order valence-electron chi connectivity index (χ2n) is 5.49. The van der Waals surface area contributed by atoms with Gasteiger partial charge in [0.15, 0.2) is 14.1 Å². The van der Waals surface area contributed by atoms with Crippen molar-refractivity contribution in [2.75, 3.05) is 6.61 Å². The maximum absolute atomic E-state index is 10.8. The van der Waals surface area contributed by atoms with Crippen molar-refractivity contribution < 1.29 is 9.22 Å². The van der Waals surface area contributed by atoms with E-state index in [4.69, 9.17) is 4.43 Å². The van der Waals surface area contributed by atoms with E-state index in [1.807, 2.05) is 0 Å². The predicted molar refractivity (Wildman–Crippen MR) is 58.4 cm³/mol. The van der Waals surface area contributed by atoms with Crippen molar-refractivity contribution in [2.24, 2.45) is 5.41 Å². The number of rotatable bonds is 4. The Hall–Kier alpha value is -0.153. The van der Waals surface area contributed by atoms with Gasteiger partial charge in [0, 0.05) is 0 Å². The maximum Gasteiger partial charge on any atom is 0.187 e. The first-order valence-corrected chi connectivity index (χ1v) is 7.87. The molecule has 0 aromatic carbocycles. The van der Waals surface area contributed by atoms with E-state index in [1.165, 1.54) is 0 Å². The Morgan fingerprint density at radius 2 is 1.77 bits per heavy atom. The summed E-state index contributed by atoms with van der Waals surface area (Å²) in [6.07, 6.45) is 0. The van der Waals surface area contributed by atoms with Crippen LogP contribution in [0.1, 0.15) is 27.7 Å². The van der Waals surface area contributed by atoms with Gasteiger partial charge in [0.1, 0.15) is 0 Å². The van der Waals surface area contributed by atoms with E-state index < -0.39 is 8.32 Å². The standard InChI is InChI=1S/C10H22O2Si/c1-9(11)7-12-13(5,6)8-10(2,3)4/h7-8H2,1-6H3. The van der Waals surface area contributed by atoms with Gasteiger partial charge in [-0.1, -0.05) is 20.8 Å². The van der Waals surface area contributed by atoms with E-state index in [0.29, 0.717) is 5.41 Å². The van der Waals surface area contributed by atoms with Gasteiger partial charge in [-0.15, -0.1) is 0 Å². The fraction of sp³-hybridized carbons (Fsp3) is 0.900. The molecular formula is C10H22O2Si. The Bertz CT molecular complexity index is 180. The molecule has 3 heteroatoms. The van der Waals surface area contributed by atoms with Crippen LogP contribution in [0.3, 0.4) is 0 Å². The van der Waals surface area contributed by atoms with E-state index in [2.05, 4.69) is 33.9 Å². The summed E-state index contributed by atoms with van der Waals surface area (Å²) in [4.78, 5) is 10.8. The summed E-state index contributed by atoms with van der Waals surface area (Å²) in [5.74, 6) is 0.120. The molecule has 13 heavy (non-hydrogen) atoms. The minimum absolute atomic E-state index is 0.120. The molecular weight excluding hydrogens is 180 g/mol. The lowest BCUT2D eigenvalue weighted by Crippen LogP contribution is -2.36. The lowest BCUT2D eigenvalue weighted by Gasteiger charge is -2.30. The van der Waals surface area contributed by atoms with Crippen LogP contribution in [0, 0.1) is 5.41 Å². The Balaban J connectivity index is 4.01. The minimum Gasteiger partial charge on any atom is -0.410 e. The number of carbonyl (C=O) groups excluding carboxylic acids is 1. The summed E-state index contributed by atoms with van der Waals surface area (Å²) in [5.41, 5.74) is 0.298. The smallest absolute Gasteiger partial charge is 0.187 e. The zero-order valence-electron chi connectivity index (χ0n) is 9.73. The van der Waals surface area contributed by atoms with Crippen LogP contribution in [0.2, 0.25) is 19.1 Å². The Morgan fingerprint density at radius 3 is 2.08 bits per heavy atom. The number of carbonyl (C=O) groups is 1. The van der Waals surface area contributed by atoms with Crippen LogP contribution in [-0.4, -0.2) is 20.7 Å². The topological polar surface area (TPSA) is 26.3 Å². The van der Waals surface area contributed by atoms with Gasteiger partial charge in [-0.05, 0) is 31.5 Å². The number of hydrogen-bond acceptors (Lipinski definition) is 2. The van der Waals surface area contributed by atoms with Gasteiger partial charge in [0.25, 0.3) is 0 Å².